The first-order chi connectivity index (χ1) is 28.5. The standard InChI is InChI=1S/C44H32N6O9/c51-39-18-17-37(42(54)48-39)49-43(55)33-16-13-30(20-34(33)44(49)56)41(53)46-24-26-5-3-25(4-6-26)23-45-40(52)29-9-7-27(8-10-29)31-21-35(28-11-14-32(15-12-28)50(57)58)47-36(22-31)38-2-1-19-59-38/h1-16,19-22,37H,17-18,23-24H2,(H,45,52)(H,46,53)(H,48,51,54). The lowest BCUT2D eigenvalue weighted by atomic mass is 10.00. The quantitative estimate of drug-likeness (QED) is 0.0810. The molecule has 0 spiro atoms. The Hall–Kier alpha value is -8.07. The fraction of sp³-hybridized carbons (Fsp3) is 0.114. The van der Waals surface area contributed by atoms with Gasteiger partial charge in [0, 0.05) is 48.3 Å². The largest absolute Gasteiger partial charge is 0.463 e. The first-order valence-electron chi connectivity index (χ1n) is 18.4. The molecule has 8 rings (SSSR count). The lowest BCUT2D eigenvalue weighted by Crippen LogP contribution is -2.54. The average molecular weight is 789 g/mol. The first-order valence-corrected chi connectivity index (χ1v) is 18.4. The highest BCUT2D eigenvalue weighted by molar-refractivity contribution is 6.24. The number of non-ortho nitro benzene ring substituents is 1. The molecule has 292 valence electrons. The number of nitrogens with one attached hydrogen (secondary N) is 3. The van der Waals surface area contributed by atoms with Gasteiger partial charge in [-0.25, -0.2) is 4.98 Å². The summed E-state index contributed by atoms with van der Waals surface area (Å²) in [5, 5.41) is 19.0. The predicted octanol–water partition coefficient (Wildman–Crippen LogP) is 5.85. The SMILES string of the molecule is O=C1CCC(N2C(=O)c3ccc(C(=O)NCc4ccc(CNC(=O)c5ccc(-c6cc(-c7ccc([N+](=O)[O-])cc7)nc(-c7ccco7)c6)cc5)cc4)cc3C2=O)C(=O)N1. The Bertz CT molecular complexity index is 2680. The number of carbonyl (C=O) groups is 6. The molecule has 6 aromatic rings. The van der Waals surface area contributed by atoms with Crippen LogP contribution < -0.4 is 16.0 Å². The van der Waals surface area contributed by atoms with Crippen molar-refractivity contribution in [1.29, 1.82) is 0 Å². The van der Waals surface area contributed by atoms with Gasteiger partial charge in [0.15, 0.2) is 5.76 Å². The number of nitro groups is 1. The summed E-state index contributed by atoms with van der Waals surface area (Å²) in [7, 11) is 0. The van der Waals surface area contributed by atoms with Crippen molar-refractivity contribution < 1.29 is 38.1 Å². The molecule has 15 nitrogen and oxygen atoms in total. The van der Waals surface area contributed by atoms with Gasteiger partial charge < -0.3 is 15.1 Å². The van der Waals surface area contributed by atoms with Gasteiger partial charge in [0.2, 0.25) is 11.8 Å². The van der Waals surface area contributed by atoms with Gasteiger partial charge in [0.25, 0.3) is 29.3 Å². The van der Waals surface area contributed by atoms with E-state index in [1.54, 1.807) is 42.7 Å². The number of rotatable bonds is 11. The second-order valence-electron chi connectivity index (χ2n) is 13.9. The fourth-order valence-electron chi connectivity index (χ4n) is 6.92. The monoisotopic (exact) mass is 788 g/mol. The van der Waals surface area contributed by atoms with Crippen molar-refractivity contribution in [2.75, 3.05) is 0 Å². The number of furan rings is 1. The molecule has 15 heteroatoms. The fourth-order valence-corrected chi connectivity index (χ4v) is 6.92. The molecule has 4 heterocycles. The number of fused-ring (bicyclic) bond motifs is 1. The third kappa shape index (κ3) is 7.84. The molecule has 1 fully saturated rings. The molecule has 2 aromatic heterocycles. The van der Waals surface area contributed by atoms with Crippen LogP contribution >= 0.6 is 0 Å². The van der Waals surface area contributed by atoms with E-state index in [1.165, 1.54) is 30.3 Å². The van der Waals surface area contributed by atoms with Crippen LogP contribution in [0, 0.1) is 10.1 Å². The molecule has 6 amide bonds. The maximum atomic E-state index is 13.1. The summed E-state index contributed by atoms with van der Waals surface area (Å²) in [6.45, 7) is 0.417. The molecule has 1 saturated heterocycles. The van der Waals surface area contributed by atoms with Crippen LogP contribution in [-0.2, 0) is 22.7 Å². The maximum Gasteiger partial charge on any atom is 0.269 e. The number of nitro benzene ring substituents is 1. The summed E-state index contributed by atoms with van der Waals surface area (Å²) < 4.78 is 5.59. The molecule has 2 aliphatic heterocycles. The molecule has 0 saturated carbocycles. The number of carbonyl (C=O) groups excluding carboxylic acids is 6. The zero-order chi connectivity index (χ0) is 41.2. The number of hydrogen-bond acceptors (Lipinski definition) is 10. The molecule has 2 aliphatic rings. The Balaban J connectivity index is 0.867. The van der Waals surface area contributed by atoms with Gasteiger partial charge >= 0.3 is 0 Å². The van der Waals surface area contributed by atoms with Crippen molar-refractivity contribution in [1.82, 2.24) is 25.8 Å². The lowest BCUT2D eigenvalue weighted by molar-refractivity contribution is -0.384. The second kappa shape index (κ2) is 15.8. The molecule has 3 N–H and O–H groups in total. The highest BCUT2D eigenvalue weighted by atomic mass is 16.6. The van der Waals surface area contributed by atoms with Gasteiger partial charge in [-0.05, 0) is 95.4 Å². The molecular weight excluding hydrogens is 757 g/mol. The van der Waals surface area contributed by atoms with Crippen LogP contribution in [0.25, 0.3) is 33.8 Å². The summed E-state index contributed by atoms with van der Waals surface area (Å²) in [6.07, 6.45) is 1.59. The summed E-state index contributed by atoms with van der Waals surface area (Å²) >= 11 is 0. The van der Waals surface area contributed by atoms with Crippen LogP contribution in [0.15, 0.2) is 126 Å². The van der Waals surface area contributed by atoms with E-state index in [1.807, 2.05) is 48.5 Å². The van der Waals surface area contributed by atoms with E-state index in [4.69, 9.17) is 9.40 Å². The van der Waals surface area contributed by atoms with Crippen LogP contribution in [0.2, 0.25) is 0 Å². The zero-order valence-electron chi connectivity index (χ0n) is 31.0. The van der Waals surface area contributed by atoms with Crippen LogP contribution in [0.4, 0.5) is 5.69 Å². The van der Waals surface area contributed by atoms with Gasteiger partial charge in [-0.15, -0.1) is 0 Å². The van der Waals surface area contributed by atoms with Gasteiger partial charge in [-0.3, -0.25) is 49.1 Å². The molecule has 4 aromatic carbocycles. The van der Waals surface area contributed by atoms with Crippen LogP contribution in [-0.4, -0.2) is 56.3 Å². The van der Waals surface area contributed by atoms with Crippen LogP contribution in [0.5, 0.6) is 0 Å². The number of imide groups is 2. The van der Waals surface area contributed by atoms with Crippen molar-refractivity contribution in [3.63, 3.8) is 0 Å². The third-order valence-corrected chi connectivity index (χ3v) is 10.1. The van der Waals surface area contributed by atoms with Gasteiger partial charge in [0.05, 0.1) is 28.0 Å². The van der Waals surface area contributed by atoms with Crippen LogP contribution in [0.1, 0.15) is 65.4 Å². The van der Waals surface area contributed by atoms with Gasteiger partial charge in [0.1, 0.15) is 11.7 Å². The molecular formula is C44H32N6O9. The minimum atomic E-state index is -1.10. The van der Waals surface area contributed by atoms with Crippen LogP contribution in [0.3, 0.4) is 0 Å². The normalized spacial score (nSPS) is 14.8. The lowest BCUT2D eigenvalue weighted by Gasteiger charge is -2.27. The Labute approximate surface area is 335 Å². The third-order valence-electron chi connectivity index (χ3n) is 10.1. The summed E-state index contributed by atoms with van der Waals surface area (Å²) in [6, 6.07) is 30.9. The Morgan fingerprint density at radius 2 is 1.34 bits per heavy atom. The van der Waals surface area contributed by atoms with Gasteiger partial charge in [-0.1, -0.05) is 36.4 Å². The number of amides is 6. The highest BCUT2D eigenvalue weighted by Gasteiger charge is 2.44. The minimum Gasteiger partial charge on any atom is -0.463 e. The second-order valence-corrected chi connectivity index (χ2v) is 13.9. The van der Waals surface area contributed by atoms with E-state index in [2.05, 4.69) is 16.0 Å². The Morgan fingerprint density at radius 3 is 1.97 bits per heavy atom. The minimum absolute atomic E-state index is 0.00438. The van der Waals surface area contributed by atoms with Crippen molar-refractivity contribution in [3.8, 4) is 33.8 Å². The van der Waals surface area contributed by atoms with E-state index in [-0.39, 0.29) is 54.2 Å². The van der Waals surface area contributed by atoms with E-state index in [9.17, 15) is 38.9 Å². The molecule has 59 heavy (non-hydrogen) atoms. The van der Waals surface area contributed by atoms with E-state index in [0.29, 0.717) is 28.3 Å². The Morgan fingerprint density at radius 1 is 0.729 bits per heavy atom. The summed E-state index contributed by atoms with van der Waals surface area (Å²) in [5.41, 5.74) is 5.77. The number of aromatic nitrogens is 1. The number of pyridine rings is 1. The predicted molar refractivity (Wildman–Crippen MR) is 211 cm³/mol. The summed E-state index contributed by atoms with van der Waals surface area (Å²) in [5.74, 6) is -2.72. The van der Waals surface area contributed by atoms with Crippen molar-refractivity contribution in [2.45, 2.75) is 32.0 Å². The van der Waals surface area contributed by atoms with Gasteiger partial charge in [-0.2, -0.15) is 0 Å². The maximum absolute atomic E-state index is 13.1. The van der Waals surface area contributed by atoms with Crippen molar-refractivity contribution in [3.05, 3.63) is 165 Å². The average Bonchev–Trinajstić information content (AvgIpc) is 3.89. The van der Waals surface area contributed by atoms with Crippen molar-refractivity contribution in [2.24, 2.45) is 0 Å². The number of hydrogen-bond donors (Lipinski definition) is 3. The zero-order valence-corrected chi connectivity index (χ0v) is 31.0. The molecule has 0 bridgehead atoms. The number of benzene rings is 4. The molecule has 1 atom stereocenters. The topological polar surface area (TPSA) is 211 Å². The summed E-state index contributed by atoms with van der Waals surface area (Å²) in [4.78, 5) is 92.4. The smallest absolute Gasteiger partial charge is 0.269 e. The number of nitrogens with zero attached hydrogens (tertiary/aromatic N) is 3. The van der Waals surface area contributed by atoms with E-state index < -0.39 is 40.5 Å². The Kier molecular flexibility index (Phi) is 10.1. The van der Waals surface area contributed by atoms with E-state index in [0.717, 1.165) is 27.2 Å². The molecule has 0 aliphatic carbocycles. The highest BCUT2D eigenvalue weighted by Crippen LogP contribution is 2.32. The van der Waals surface area contributed by atoms with E-state index >= 15 is 0 Å². The van der Waals surface area contributed by atoms with Crippen molar-refractivity contribution >= 4 is 41.1 Å². The molecule has 1 unspecified atom stereocenters. The molecule has 0 radical (unpaired) electrons. The first kappa shape index (κ1) is 37.8. The number of piperidine rings is 1.